The molecule has 3 aromatic rings. The van der Waals surface area contributed by atoms with Gasteiger partial charge in [0.2, 0.25) is 0 Å². The molecule has 3 rings (SSSR count). The smallest absolute Gasteiger partial charge is 0.342 e. The van der Waals surface area contributed by atoms with E-state index in [1.54, 1.807) is 13.8 Å². The molecule has 0 aliphatic carbocycles. The number of aromatic hydroxyl groups is 1. The van der Waals surface area contributed by atoms with Gasteiger partial charge in [-0.3, -0.25) is 0 Å². The molecule has 0 aliphatic rings. The van der Waals surface area contributed by atoms with Gasteiger partial charge in [0.25, 0.3) is 0 Å². The van der Waals surface area contributed by atoms with Crippen LogP contribution in [0.25, 0.3) is 21.8 Å². The van der Waals surface area contributed by atoms with Crippen LogP contribution in [-0.2, 0) is 4.74 Å². The average Bonchev–Trinajstić information content (AvgIpc) is 2.78. The maximum atomic E-state index is 12.2. The highest BCUT2D eigenvalue weighted by atomic mass is 16.5. The number of nitrogens with one attached hydrogen (secondary N) is 1. The van der Waals surface area contributed by atoms with Gasteiger partial charge in [0.15, 0.2) is 0 Å². The van der Waals surface area contributed by atoms with E-state index in [2.05, 4.69) is 4.98 Å². The van der Waals surface area contributed by atoms with Gasteiger partial charge >= 0.3 is 5.97 Å². The van der Waals surface area contributed by atoms with Crippen LogP contribution in [0.3, 0.4) is 0 Å². The molecule has 20 heavy (non-hydrogen) atoms. The van der Waals surface area contributed by atoms with E-state index < -0.39 is 5.97 Å². The van der Waals surface area contributed by atoms with E-state index in [0.29, 0.717) is 10.9 Å². The molecule has 0 bridgehead atoms. The Hall–Kier alpha value is -2.49. The molecule has 0 amide bonds. The van der Waals surface area contributed by atoms with E-state index in [1.807, 2.05) is 30.3 Å². The van der Waals surface area contributed by atoms with Gasteiger partial charge in [0, 0.05) is 21.8 Å². The maximum Gasteiger partial charge on any atom is 0.342 e. The molecule has 0 unspecified atom stereocenters. The summed E-state index contributed by atoms with van der Waals surface area (Å²) in [4.78, 5) is 15.4. The average molecular weight is 269 g/mol. The number of aromatic nitrogens is 1. The number of phenolic OH excluding ortho intramolecular Hbond substituents is 1. The Morgan fingerprint density at radius 2 is 2.05 bits per heavy atom. The Bertz CT molecular complexity index is 817. The van der Waals surface area contributed by atoms with Gasteiger partial charge in [-0.1, -0.05) is 18.2 Å². The predicted molar refractivity (Wildman–Crippen MR) is 78.2 cm³/mol. The van der Waals surface area contributed by atoms with Gasteiger partial charge in [-0.25, -0.2) is 4.79 Å². The minimum Gasteiger partial charge on any atom is -0.507 e. The molecule has 0 spiro atoms. The van der Waals surface area contributed by atoms with E-state index in [1.165, 1.54) is 0 Å². The number of ether oxygens (including phenoxy) is 1. The Morgan fingerprint density at radius 1 is 1.30 bits per heavy atom. The number of H-pyrrole nitrogens is 1. The van der Waals surface area contributed by atoms with Gasteiger partial charge < -0.3 is 14.8 Å². The third-order valence-corrected chi connectivity index (χ3v) is 3.44. The number of fused-ring (bicyclic) bond motifs is 3. The molecule has 2 N–H and O–H groups in total. The number of para-hydroxylation sites is 1. The summed E-state index contributed by atoms with van der Waals surface area (Å²) in [5.74, 6) is -0.510. The lowest BCUT2D eigenvalue weighted by Crippen LogP contribution is -2.06. The molecule has 0 fully saturated rings. The first-order valence-corrected chi connectivity index (χ1v) is 6.53. The molecule has 2 aromatic carbocycles. The van der Waals surface area contributed by atoms with E-state index >= 15 is 0 Å². The number of phenols is 1. The lowest BCUT2D eigenvalue weighted by Gasteiger charge is -2.09. The molecule has 0 saturated heterocycles. The van der Waals surface area contributed by atoms with Crippen molar-refractivity contribution in [3.63, 3.8) is 0 Å². The highest BCUT2D eigenvalue weighted by molar-refractivity contribution is 6.18. The predicted octanol–water partition coefficient (Wildman–Crippen LogP) is 3.51. The summed E-state index contributed by atoms with van der Waals surface area (Å²) in [6, 6.07) is 9.53. The summed E-state index contributed by atoms with van der Waals surface area (Å²) >= 11 is 0. The fourth-order valence-electron chi connectivity index (χ4n) is 2.54. The van der Waals surface area contributed by atoms with Gasteiger partial charge in [-0.05, 0) is 31.5 Å². The largest absolute Gasteiger partial charge is 0.507 e. The fraction of sp³-hybridized carbons (Fsp3) is 0.188. The SMILES string of the molecule is CCOC(=O)c1c(O)c(C)cc2[nH]c3ccccc3c12. The first-order valence-electron chi connectivity index (χ1n) is 6.53. The number of hydrogen-bond donors (Lipinski definition) is 2. The molecule has 0 aliphatic heterocycles. The lowest BCUT2D eigenvalue weighted by molar-refractivity contribution is 0.0525. The summed E-state index contributed by atoms with van der Waals surface area (Å²) in [6.07, 6.45) is 0. The number of carbonyl (C=O) groups excluding carboxylic acids is 1. The molecule has 4 nitrogen and oxygen atoms in total. The normalized spacial score (nSPS) is 11.1. The molecule has 102 valence electrons. The minimum absolute atomic E-state index is 0.0132. The van der Waals surface area contributed by atoms with Crippen molar-refractivity contribution in [3.8, 4) is 5.75 Å². The van der Waals surface area contributed by atoms with Crippen molar-refractivity contribution in [2.45, 2.75) is 13.8 Å². The fourth-order valence-corrected chi connectivity index (χ4v) is 2.54. The van der Waals surface area contributed by atoms with Crippen LogP contribution >= 0.6 is 0 Å². The topological polar surface area (TPSA) is 62.3 Å². The number of benzene rings is 2. The first kappa shape index (κ1) is 12.5. The van der Waals surface area contributed by atoms with Gasteiger partial charge in [0.05, 0.1) is 6.61 Å². The number of esters is 1. The number of aromatic amines is 1. The second-order valence-electron chi connectivity index (χ2n) is 4.73. The lowest BCUT2D eigenvalue weighted by atomic mass is 10.0. The second kappa shape index (κ2) is 4.56. The van der Waals surface area contributed by atoms with Crippen molar-refractivity contribution in [2.24, 2.45) is 0 Å². The summed E-state index contributed by atoms with van der Waals surface area (Å²) in [5, 5.41) is 11.9. The molecule has 0 radical (unpaired) electrons. The highest BCUT2D eigenvalue weighted by Gasteiger charge is 2.21. The first-order chi connectivity index (χ1) is 9.63. The van der Waals surface area contributed by atoms with Crippen molar-refractivity contribution in [3.05, 3.63) is 41.5 Å². The minimum atomic E-state index is -0.497. The van der Waals surface area contributed by atoms with E-state index in [-0.39, 0.29) is 17.9 Å². The Balaban J connectivity index is 2.45. The molecule has 0 saturated carbocycles. The van der Waals surface area contributed by atoms with Crippen LogP contribution in [0.1, 0.15) is 22.8 Å². The van der Waals surface area contributed by atoms with Crippen LogP contribution < -0.4 is 0 Å². The zero-order valence-corrected chi connectivity index (χ0v) is 11.4. The maximum absolute atomic E-state index is 12.2. The summed E-state index contributed by atoms with van der Waals surface area (Å²) in [6.45, 7) is 3.79. The number of aryl methyl sites for hydroxylation is 1. The van der Waals surface area contributed by atoms with Crippen molar-refractivity contribution in [1.29, 1.82) is 0 Å². The molecular formula is C16H15NO3. The Kier molecular flexibility index (Phi) is 2.86. The van der Waals surface area contributed by atoms with Crippen molar-refractivity contribution in [1.82, 2.24) is 4.98 Å². The van der Waals surface area contributed by atoms with Crippen molar-refractivity contribution >= 4 is 27.8 Å². The molecule has 4 heteroatoms. The van der Waals surface area contributed by atoms with Crippen LogP contribution in [0.2, 0.25) is 0 Å². The van der Waals surface area contributed by atoms with Crippen molar-refractivity contribution in [2.75, 3.05) is 6.61 Å². The van der Waals surface area contributed by atoms with Crippen molar-refractivity contribution < 1.29 is 14.6 Å². The Labute approximate surface area is 116 Å². The zero-order chi connectivity index (χ0) is 14.3. The quantitative estimate of drug-likeness (QED) is 0.700. The second-order valence-corrected chi connectivity index (χ2v) is 4.73. The van der Waals surface area contributed by atoms with Crippen LogP contribution in [0, 0.1) is 6.92 Å². The monoisotopic (exact) mass is 269 g/mol. The van der Waals surface area contributed by atoms with Gasteiger partial charge in [-0.15, -0.1) is 0 Å². The number of carbonyl (C=O) groups is 1. The summed E-state index contributed by atoms with van der Waals surface area (Å²) < 4.78 is 5.08. The molecule has 1 aromatic heterocycles. The highest BCUT2D eigenvalue weighted by Crippen LogP contribution is 2.36. The van der Waals surface area contributed by atoms with Crippen LogP contribution in [0.4, 0.5) is 0 Å². The third-order valence-electron chi connectivity index (χ3n) is 3.44. The van der Waals surface area contributed by atoms with Crippen LogP contribution in [-0.4, -0.2) is 22.7 Å². The molecule has 1 heterocycles. The van der Waals surface area contributed by atoms with Crippen LogP contribution in [0.5, 0.6) is 5.75 Å². The van der Waals surface area contributed by atoms with E-state index in [9.17, 15) is 9.90 Å². The Morgan fingerprint density at radius 3 is 2.80 bits per heavy atom. The van der Waals surface area contributed by atoms with E-state index in [4.69, 9.17) is 4.74 Å². The third kappa shape index (κ3) is 1.72. The molecular weight excluding hydrogens is 254 g/mol. The molecule has 0 atom stereocenters. The summed E-state index contributed by atoms with van der Waals surface area (Å²) in [7, 11) is 0. The zero-order valence-electron chi connectivity index (χ0n) is 11.4. The summed E-state index contributed by atoms with van der Waals surface area (Å²) in [5.41, 5.74) is 2.63. The number of hydrogen-bond acceptors (Lipinski definition) is 3. The van der Waals surface area contributed by atoms with E-state index in [0.717, 1.165) is 16.4 Å². The number of rotatable bonds is 2. The van der Waals surface area contributed by atoms with Gasteiger partial charge in [-0.2, -0.15) is 0 Å². The standard InChI is InChI=1S/C16H15NO3/c1-3-20-16(19)14-13-10-6-4-5-7-11(10)17-12(13)8-9(2)15(14)18/h4-8,17-18H,3H2,1-2H3. The van der Waals surface area contributed by atoms with Gasteiger partial charge in [0.1, 0.15) is 11.3 Å². The van der Waals surface area contributed by atoms with Crippen LogP contribution in [0.15, 0.2) is 30.3 Å².